The van der Waals surface area contributed by atoms with Gasteiger partial charge in [0.05, 0.1) is 23.9 Å². The summed E-state index contributed by atoms with van der Waals surface area (Å²) in [5.41, 5.74) is 0.745. The lowest BCUT2D eigenvalue weighted by molar-refractivity contribution is 0.310. The summed E-state index contributed by atoms with van der Waals surface area (Å²) >= 11 is 0. The van der Waals surface area contributed by atoms with Crippen LogP contribution in [0.4, 0.5) is 14.5 Å². The SMILES string of the molecule is COc1ccc(-n2nc3c4cc(F)c(N5CCN(C)CC5)c(F)c4[nH]cc-3c2=O)cc1. The Morgan fingerprint density at radius 2 is 1.81 bits per heavy atom. The molecule has 2 aromatic rings. The first-order chi connectivity index (χ1) is 15.0. The van der Waals surface area contributed by atoms with E-state index in [1.165, 1.54) is 16.9 Å². The molecule has 0 spiro atoms. The molecule has 0 radical (unpaired) electrons. The Morgan fingerprint density at radius 3 is 2.48 bits per heavy atom. The summed E-state index contributed by atoms with van der Waals surface area (Å²) in [6, 6.07) is 8.09. The fourth-order valence-corrected chi connectivity index (χ4v) is 4.04. The maximum absolute atomic E-state index is 15.4. The Hall–Kier alpha value is -3.46. The number of hydrogen-bond donors (Lipinski definition) is 1. The number of benzene rings is 2. The number of methoxy groups -OCH3 is 1. The fraction of sp³-hybridized carbons (Fsp3) is 0.273. The molecular formula is C22H21F2N5O2. The second-order valence-corrected chi connectivity index (χ2v) is 7.70. The van der Waals surface area contributed by atoms with Gasteiger partial charge in [0.1, 0.15) is 22.9 Å². The second kappa shape index (κ2) is 7.35. The molecule has 160 valence electrons. The molecule has 0 amide bonds. The van der Waals surface area contributed by atoms with Gasteiger partial charge in [0.25, 0.3) is 5.56 Å². The Kier molecular flexibility index (Phi) is 4.62. The zero-order valence-corrected chi connectivity index (χ0v) is 17.2. The highest BCUT2D eigenvalue weighted by molar-refractivity contribution is 5.95. The third-order valence-corrected chi connectivity index (χ3v) is 5.82. The van der Waals surface area contributed by atoms with E-state index < -0.39 is 11.6 Å². The first-order valence-corrected chi connectivity index (χ1v) is 9.98. The lowest BCUT2D eigenvalue weighted by Crippen LogP contribution is -2.45. The molecule has 0 unspecified atom stereocenters. The number of nitrogens with zero attached hydrogens (tertiary/aromatic N) is 4. The number of aromatic nitrogens is 3. The largest absolute Gasteiger partial charge is 0.497 e. The number of ether oxygens (including phenoxy) is 1. The molecule has 7 nitrogen and oxygen atoms in total. The molecule has 2 aromatic carbocycles. The predicted octanol–water partition coefficient (Wildman–Crippen LogP) is 2.86. The molecule has 5 rings (SSSR count). The Morgan fingerprint density at radius 1 is 1.10 bits per heavy atom. The lowest BCUT2D eigenvalue weighted by Gasteiger charge is -2.34. The van der Waals surface area contributed by atoms with Crippen LogP contribution in [-0.4, -0.2) is 60.0 Å². The summed E-state index contributed by atoms with van der Waals surface area (Å²) in [5, 5.41) is 4.62. The summed E-state index contributed by atoms with van der Waals surface area (Å²) in [7, 11) is 3.53. The number of rotatable bonds is 3. The normalized spacial score (nSPS) is 15.2. The first-order valence-electron chi connectivity index (χ1n) is 9.98. The zero-order chi connectivity index (χ0) is 21.7. The van der Waals surface area contributed by atoms with Gasteiger partial charge in [0.2, 0.25) is 0 Å². The molecule has 31 heavy (non-hydrogen) atoms. The van der Waals surface area contributed by atoms with E-state index in [1.54, 1.807) is 36.3 Å². The van der Waals surface area contributed by atoms with Crippen LogP contribution >= 0.6 is 0 Å². The molecule has 3 aliphatic rings. The van der Waals surface area contributed by atoms with E-state index in [1.807, 2.05) is 7.05 Å². The van der Waals surface area contributed by atoms with Crippen LogP contribution in [0.15, 0.2) is 41.3 Å². The van der Waals surface area contributed by atoms with Crippen molar-refractivity contribution in [2.24, 2.45) is 0 Å². The molecule has 1 fully saturated rings. The smallest absolute Gasteiger partial charge is 0.282 e. The Balaban J connectivity index is 1.66. The molecule has 0 bridgehead atoms. The van der Waals surface area contributed by atoms with E-state index in [4.69, 9.17) is 4.74 Å². The number of anilines is 1. The number of piperazine rings is 1. The Labute approximate surface area is 176 Å². The molecule has 9 heteroatoms. The maximum Gasteiger partial charge on any atom is 0.282 e. The van der Waals surface area contributed by atoms with Crippen molar-refractivity contribution in [3.05, 3.63) is 58.5 Å². The average molecular weight is 425 g/mol. The van der Waals surface area contributed by atoms with E-state index in [9.17, 15) is 4.79 Å². The standard InChI is InChI=1S/C22H21F2N5O2/c1-27-7-9-28(10-8-27)21-17(23)11-15-19-16(12-25-20(15)18(21)24)22(30)29(26-19)13-3-5-14(31-2)6-4-13/h3-6,11-12,25H,7-10H2,1-2H3. The van der Waals surface area contributed by atoms with Gasteiger partial charge in [-0.1, -0.05) is 0 Å². The summed E-state index contributed by atoms with van der Waals surface area (Å²) in [6.45, 7) is 2.53. The van der Waals surface area contributed by atoms with E-state index in [0.29, 0.717) is 24.5 Å². The highest BCUT2D eigenvalue weighted by Crippen LogP contribution is 2.35. The lowest BCUT2D eigenvalue weighted by atomic mass is 10.1. The van der Waals surface area contributed by atoms with Crippen molar-refractivity contribution < 1.29 is 13.5 Å². The molecule has 0 aromatic heterocycles. The van der Waals surface area contributed by atoms with Crippen molar-refractivity contribution in [3.8, 4) is 22.7 Å². The van der Waals surface area contributed by atoms with Crippen LogP contribution in [0.5, 0.6) is 5.75 Å². The van der Waals surface area contributed by atoms with Crippen molar-refractivity contribution in [2.45, 2.75) is 0 Å². The molecule has 0 aliphatic carbocycles. The average Bonchev–Trinajstić information content (AvgIpc) is 3.12. The molecular weight excluding hydrogens is 404 g/mol. The van der Waals surface area contributed by atoms with Crippen molar-refractivity contribution in [3.63, 3.8) is 0 Å². The minimum Gasteiger partial charge on any atom is -0.497 e. The summed E-state index contributed by atoms with van der Waals surface area (Å²) in [5.74, 6) is -0.693. The van der Waals surface area contributed by atoms with E-state index in [0.717, 1.165) is 13.1 Å². The fourth-order valence-electron chi connectivity index (χ4n) is 4.04. The van der Waals surface area contributed by atoms with Crippen LogP contribution in [-0.2, 0) is 0 Å². The van der Waals surface area contributed by atoms with E-state index in [-0.39, 0.29) is 33.4 Å². The maximum atomic E-state index is 15.4. The summed E-state index contributed by atoms with van der Waals surface area (Å²) < 4.78 is 36.8. The number of nitrogens with one attached hydrogen (secondary N) is 1. The number of halogens is 2. The molecule has 1 saturated heterocycles. The molecule has 0 saturated carbocycles. The first kappa shape index (κ1) is 19.5. The predicted molar refractivity (Wildman–Crippen MR) is 114 cm³/mol. The quantitative estimate of drug-likeness (QED) is 0.547. The van der Waals surface area contributed by atoms with Crippen LogP contribution in [0, 0.1) is 11.6 Å². The van der Waals surface area contributed by atoms with Gasteiger partial charge >= 0.3 is 0 Å². The van der Waals surface area contributed by atoms with Crippen LogP contribution < -0.4 is 15.2 Å². The highest BCUT2D eigenvalue weighted by atomic mass is 19.1. The third kappa shape index (κ3) is 3.12. The van der Waals surface area contributed by atoms with E-state index >= 15 is 8.78 Å². The van der Waals surface area contributed by atoms with Gasteiger partial charge < -0.3 is 19.5 Å². The summed E-state index contributed by atoms with van der Waals surface area (Å²) in [6.07, 6.45) is 1.43. The van der Waals surface area contributed by atoms with Crippen molar-refractivity contribution in [1.29, 1.82) is 0 Å². The minimum atomic E-state index is -0.673. The molecule has 3 heterocycles. The van der Waals surface area contributed by atoms with Crippen molar-refractivity contribution in [1.82, 2.24) is 19.7 Å². The molecule has 1 N–H and O–H groups in total. The van der Waals surface area contributed by atoms with Crippen LogP contribution in [0.1, 0.15) is 0 Å². The number of hydrogen-bond acceptors (Lipinski definition) is 5. The highest BCUT2D eigenvalue weighted by Gasteiger charge is 2.27. The van der Waals surface area contributed by atoms with Crippen LogP contribution in [0.2, 0.25) is 0 Å². The van der Waals surface area contributed by atoms with Crippen LogP contribution in [0.25, 0.3) is 27.8 Å². The number of aromatic amines is 1. The Bertz CT molecular complexity index is 1290. The van der Waals surface area contributed by atoms with Gasteiger partial charge in [0, 0.05) is 37.8 Å². The monoisotopic (exact) mass is 425 g/mol. The molecule has 3 aliphatic heterocycles. The number of H-pyrrole nitrogens is 1. The van der Waals surface area contributed by atoms with Crippen molar-refractivity contribution in [2.75, 3.05) is 45.2 Å². The van der Waals surface area contributed by atoms with Gasteiger partial charge in [-0.2, -0.15) is 9.78 Å². The van der Waals surface area contributed by atoms with Gasteiger partial charge in [-0.3, -0.25) is 4.79 Å². The summed E-state index contributed by atoms with van der Waals surface area (Å²) in [4.78, 5) is 19.6. The number of fused-ring (bicyclic) bond motifs is 3. The van der Waals surface area contributed by atoms with Crippen LogP contribution in [0.3, 0.4) is 0 Å². The third-order valence-electron chi connectivity index (χ3n) is 5.82. The molecule has 0 atom stereocenters. The zero-order valence-electron chi connectivity index (χ0n) is 17.2. The van der Waals surface area contributed by atoms with Crippen molar-refractivity contribution >= 4 is 16.6 Å². The van der Waals surface area contributed by atoms with E-state index in [2.05, 4.69) is 15.0 Å². The van der Waals surface area contributed by atoms with Gasteiger partial charge in [-0.05, 0) is 37.4 Å². The van der Waals surface area contributed by atoms with Gasteiger partial charge in [-0.25, -0.2) is 8.78 Å². The minimum absolute atomic E-state index is 0.0480. The number of pyridine rings is 1. The topological polar surface area (TPSA) is 66.4 Å². The number of likely N-dealkylation sites (N-methyl/N-ethyl adjacent to an activating group) is 1. The van der Waals surface area contributed by atoms with Gasteiger partial charge in [0.15, 0.2) is 5.82 Å². The van der Waals surface area contributed by atoms with Gasteiger partial charge in [-0.15, -0.1) is 0 Å². The second-order valence-electron chi connectivity index (χ2n) is 7.70.